The third-order valence-electron chi connectivity index (χ3n) is 1.85. The van der Waals surface area contributed by atoms with Crippen LogP contribution in [0.3, 0.4) is 0 Å². The van der Waals surface area contributed by atoms with Crippen LogP contribution in [0.2, 0.25) is 0 Å². The quantitative estimate of drug-likeness (QED) is 0.784. The Morgan fingerprint density at radius 1 is 1.33 bits per heavy atom. The molecule has 2 N–H and O–H groups in total. The molecule has 1 heterocycles. The number of benzene rings is 1. The molecule has 15 heavy (non-hydrogen) atoms. The van der Waals surface area contributed by atoms with Gasteiger partial charge in [-0.2, -0.15) is 5.10 Å². The summed E-state index contributed by atoms with van der Waals surface area (Å²) in [5.41, 5.74) is 1.34. The molecule has 1 aromatic carbocycles. The van der Waals surface area contributed by atoms with Gasteiger partial charge in [0.25, 0.3) is 0 Å². The molecule has 2 aromatic rings. The molecule has 0 saturated carbocycles. The highest BCUT2D eigenvalue weighted by Gasteiger charge is 2.02. The van der Waals surface area contributed by atoms with Crippen LogP contribution in [0.5, 0.6) is 0 Å². The highest BCUT2D eigenvalue weighted by molar-refractivity contribution is 5.82. The summed E-state index contributed by atoms with van der Waals surface area (Å²) in [7, 11) is 0. The van der Waals surface area contributed by atoms with Crippen molar-refractivity contribution < 1.29 is 9.90 Å². The second kappa shape index (κ2) is 3.83. The lowest BCUT2D eigenvalue weighted by atomic mass is 10.3. The maximum Gasteiger partial charge on any atom is 0.409 e. The molecule has 2 rings (SSSR count). The average Bonchev–Trinajstić information content (AvgIpc) is 2.67. The minimum absolute atomic E-state index is 0.450. The van der Waals surface area contributed by atoms with Gasteiger partial charge in [0.15, 0.2) is 0 Å². The molecule has 76 valence electrons. The van der Waals surface area contributed by atoms with E-state index < -0.39 is 6.09 Å². The predicted octanol–water partition coefficient (Wildman–Crippen LogP) is 1.96. The number of carbonyl (C=O) groups is 1. The van der Waals surface area contributed by atoms with Gasteiger partial charge in [-0.3, -0.25) is 5.32 Å². The largest absolute Gasteiger partial charge is 0.465 e. The molecule has 0 aliphatic heterocycles. The lowest BCUT2D eigenvalue weighted by Crippen LogP contribution is -2.06. The van der Waals surface area contributed by atoms with Gasteiger partial charge in [-0.25, -0.2) is 9.48 Å². The molecule has 1 amide bonds. The van der Waals surface area contributed by atoms with Crippen molar-refractivity contribution in [3.8, 4) is 5.69 Å². The monoisotopic (exact) mass is 203 g/mol. The van der Waals surface area contributed by atoms with Crippen molar-refractivity contribution in [1.29, 1.82) is 0 Å². The molecule has 5 heteroatoms. The zero-order valence-electron chi connectivity index (χ0n) is 7.79. The highest BCUT2D eigenvalue weighted by atomic mass is 16.4. The fourth-order valence-corrected chi connectivity index (χ4v) is 1.23. The molecule has 0 saturated heterocycles. The molecule has 1 aromatic heterocycles. The van der Waals surface area contributed by atoms with Gasteiger partial charge in [0.2, 0.25) is 0 Å². The van der Waals surface area contributed by atoms with Crippen molar-refractivity contribution in [1.82, 2.24) is 9.78 Å². The maximum atomic E-state index is 10.4. The minimum atomic E-state index is -1.09. The third-order valence-corrected chi connectivity index (χ3v) is 1.85. The number of anilines is 1. The van der Waals surface area contributed by atoms with Crippen molar-refractivity contribution in [2.45, 2.75) is 0 Å². The molecule has 0 fully saturated rings. The number of rotatable bonds is 2. The van der Waals surface area contributed by atoms with Gasteiger partial charge in [0, 0.05) is 0 Å². The van der Waals surface area contributed by atoms with Gasteiger partial charge in [0.05, 0.1) is 23.8 Å². The number of amides is 1. The van der Waals surface area contributed by atoms with Gasteiger partial charge in [-0.15, -0.1) is 0 Å². The van der Waals surface area contributed by atoms with Crippen molar-refractivity contribution in [3.63, 3.8) is 0 Å². The Balaban J connectivity index is 2.24. The summed E-state index contributed by atoms with van der Waals surface area (Å²) >= 11 is 0. The van der Waals surface area contributed by atoms with Crippen LogP contribution in [-0.2, 0) is 0 Å². The van der Waals surface area contributed by atoms with Gasteiger partial charge < -0.3 is 5.11 Å². The summed E-state index contributed by atoms with van der Waals surface area (Å²) < 4.78 is 1.60. The van der Waals surface area contributed by atoms with Crippen LogP contribution in [0.4, 0.5) is 10.5 Å². The van der Waals surface area contributed by atoms with E-state index >= 15 is 0 Å². The highest BCUT2D eigenvalue weighted by Crippen LogP contribution is 2.10. The van der Waals surface area contributed by atoms with E-state index in [1.807, 2.05) is 30.3 Å². The lowest BCUT2D eigenvalue weighted by molar-refractivity contribution is 0.210. The number of nitrogens with zero attached hydrogens (tertiary/aromatic N) is 2. The van der Waals surface area contributed by atoms with Crippen molar-refractivity contribution >= 4 is 11.8 Å². The van der Waals surface area contributed by atoms with E-state index in [4.69, 9.17) is 5.11 Å². The summed E-state index contributed by atoms with van der Waals surface area (Å²) in [5.74, 6) is 0. The number of nitrogens with one attached hydrogen (secondary N) is 1. The van der Waals surface area contributed by atoms with Crippen LogP contribution >= 0.6 is 0 Å². The van der Waals surface area contributed by atoms with Gasteiger partial charge in [0.1, 0.15) is 0 Å². The molecule has 0 aliphatic rings. The van der Waals surface area contributed by atoms with Crippen LogP contribution < -0.4 is 5.32 Å². The Morgan fingerprint density at radius 2 is 2.07 bits per heavy atom. The number of hydrogen-bond acceptors (Lipinski definition) is 2. The second-order valence-corrected chi connectivity index (χ2v) is 2.94. The van der Waals surface area contributed by atoms with Crippen LogP contribution in [0, 0.1) is 0 Å². The van der Waals surface area contributed by atoms with E-state index in [1.165, 1.54) is 6.20 Å². The van der Waals surface area contributed by atoms with Crippen molar-refractivity contribution in [2.75, 3.05) is 5.32 Å². The lowest BCUT2D eigenvalue weighted by Gasteiger charge is -1.98. The van der Waals surface area contributed by atoms with E-state index in [0.29, 0.717) is 5.69 Å². The zero-order valence-corrected chi connectivity index (χ0v) is 7.79. The smallest absolute Gasteiger partial charge is 0.409 e. The van der Waals surface area contributed by atoms with Crippen LogP contribution in [-0.4, -0.2) is 21.0 Å². The first-order chi connectivity index (χ1) is 7.25. The summed E-state index contributed by atoms with van der Waals surface area (Å²) in [4.78, 5) is 10.4. The fraction of sp³-hybridized carbons (Fsp3) is 0. The average molecular weight is 203 g/mol. The SMILES string of the molecule is O=C(O)Nc1cnn(-c2ccccc2)c1. The Bertz CT molecular complexity index is 465. The van der Waals surface area contributed by atoms with Crippen molar-refractivity contribution in [3.05, 3.63) is 42.7 Å². The number of para-hydroxylation sites is 1. The summed E-state index contributed by atoms with van der Waals surface area (Å²) in [5, 5.41) is 14.8. The fourth-order valence-electron chi connectivity index (χ4n) is 1.23. The maximum absolute atomic E-state index is 10.4. The first kappa shape index (κ1) is 9.26. The molecular weight excluding hydrogens is 194 g/mol. The molecule has 0 aliphatic carbocycles. The molecule has 0 bridgehead atoms. The minimum Gasteiger partial charge on any atom is -0.465 e. The third kappa shape index (κ3) is 2.14. The van der Waals surface area contributed by atoms with E-state index in [0.717, 1.165) is 5.69 Å². The predicted molar refractivity (Wildman–Crippen MR) is 55.2 cm³/mol. The van der Waals surface area contributed by atoms with Gasteiger partial charge in [-0.05, 0) is 12.1 Å². The summed E-state index contributed by atoms with van der Waals surface area (Å²) in [6.45, 7) is 0. The van der Waals surface area contributed by atoms with E-state index in [2.05, 4.69) is 10.4 Å². The number of aromatic nitrogens is 2. The van der Waals surface area contributed by atoms with E-state index in [9.17, 15) is 4.79 Å². The standard InChI is InChI=1S/C10H9N3O2/c14-10(15)12-8-6-11-13(7-8)9-4-2-1-3-5-9/h1-7,12H,(H,14,15). The Kier molecular flexibility index (Phi) is 2.37. The van der Waals surface area contributed by atoms with Crippen LogP contribution in [0.1, 0.15) is 0 Å². The number of carboxylic acid groups (broad SMARTS) is 1. The van der Waals surface area contributed by atoms with Gasteiger partial charge in [-0.1, -0.05) is 18.2 Å². The Hall–Kier alpha value is -2.30. The molecule has 0 spiro atoms. The summed E-state index contributed by atoms with van der Waals surface area (Å²) in [6, 6.07) is 9.46. The first-order valence-corrected chi connectivity index (χ1v) is 4.36. The topological polar surface area (TPSA) is 67.2 Å². The normalized spacial score (nSPS) is 9.87. The Morgan fingerprint density at radius 3 is 2.73 bits per heavy atom. The number of hydrogen-bond donors (Lipinski definition) is 2. The van der Waals surface area contributed by atoms with E-state index in [-0.39, 0.29) is 0 Å². The van der Waals surface area contributed by atoms with Crippen LogP contribution in [0.25, 0.3) is 5.69 Å². The zero-order chi connectivity index (χ0) is 10.7. The summed E-state index contributed by atoms with van der Waals surface area (Å²) in [6.07, 6.45) is 1.98. The molecule has 0 atom stereocenters. The van der Waals surface area contributed by atoms with E-state index in [1.54, 1.807) is 10.9 Å². The van der Waals surface area contributed by atoms with Gasteiger partial charge >= 0.3 is 6.09 Å². The van der Waals surface area contributed by atoms with Crippen LogP contribution in [0.15, 0.2) is 42.7 Å². The Labute approximate surface area is 86.0 Å². The first-order valence-electron chi connectivity index (χ1n) is 4.36. The molecule has 0 unspecified atom stereocenters. The molecule has 5 nitrogen and oxygen atoms in total. The second-order valence-electron chi connectivity index (χ2n) is 2.94. The van der Waals surface area contributed by atoms with Crippen molar-refractivity contribution in [2.24, 2.45) is 0 Å². The molecule has 0 radical (unpaired) electrons. The molecular formula is C10H9N3O2.